The van der Waals surface area contributed by atoms with Crippen molar-refractivity contribution in [3.63, 3.8) is 0 Å². The average Bonchev–Trinajstić information content (AvgIpc) is 2.57. The molecule has 2 rings (SSSR count). The van der Waals surface area contributed by atoms with E-state index in [1.807, 2.05) is 24.3 Å². The van der Waals surface area contributed by atoms with Gasteiger partial charge in [-0.05, 0) is 73.1 Å². The molecule has 0 heterocycles. The molecule has 0 saturated carbocycles. The van der Waals surface area contributed by atoms with E-state index in [2.05, 4.69) is 40.4 Å². The van der Waals surface area contributed by atoms with Gasteiger partial charge in [0.25, 0.3) is 5.91 Å². The zero-order valence-electron chi connectivity index (χ0n) is 14.2. The Morgan fingerprint density at radius 3 is 2.36 bits per heavy atom. The predicted octanol–water partition coefficient (Wildman–Crippen LogP) is 5.00. The average molecular weight is 421 g/mol. The molecule has 2 aromatic carbocycles. The Morgan fingerprint density at radius 1 is 1.12 bits per heavy atom. The number of amides is 1. The van der Waals surface area contributed by atoms with Gasteiger partial charge in [0.2, 0.25) is 0 Å². The van der Waals surface area contributed by atoms with E-state index in [0.717, 1.165) is 22.3 Å². The number of rotatable bonds is 6. The molecule has 0 aliphatic heterocycles. The number of anilines is 1. The number of ether oxygens (including phenoxy) is 1. The molecule has 0 aliphatic rings. The molecule has 0 aliphatic carbocycles. The molecule has 0 radical (unpaired) electrons. The second kappa shape index (κ2) is 9.53. The van der Waals surface area contributed by atoms with Gasteiger partial charge >= 0.3 is 0 Å². The molecule has 6 heteroatoms. The van der Waals surface area contributed by atoms with Crippen LogP contribution in [0.15, 0.2) is 53.0 Å². The molecule has 0 aromatic heterocycles. The van der Waals surface area contributed by atoms with Crippen LogP contribution in [-0.2, 0) is 0 Å². The lowest BCUT2D eigenvalue weighted by molar-refractivity contribution is 0.0977. The van der Waals surface area contributed by atoms with Crippen LogP contribution >= 0.6 is 28.1 Å². The molecule has 132 valence electrons. The van der Waals surface area contributed by atoms with Crippen LogP contribution in [0.2, 0.25) is 0 Å². The van der Waals surface area contributed by atoms with Gasteiger partial charge in [0.05, 0.1) is 6.61 Å². The van der Waals surface area contributed by atoms with E-state index < -0.39 is 0 Å². The Balaban J connectivity index is 1.85. The van der Waals surface area contributed by atoms with E-state index in [1.54, 1.807) is 24.3 Å². The fraction of sp³-hybridized carbons (Fsp3) is 0.263. The van der Waals surface area contributed by atoms with E-state index in [1.165, 1.54) is 0 Å². The van der Waals surface area contributed by atoms with Crippen molar-refractivity contribution < 1.29 is 9.53 Å². The molecular formula is C19H21BrN2O2S. The molecular weight excluding hydrogens is 400 g/mol. The largest absolute Gasteiger partial charge is 0.494 e. The maximum absolute atomic E-state index is 12.2. The molecule has 1 amide bonds. The van der Waals surface area contributed by atoms with E-state index >= 15 is 0 Å². The van der Waals surface area contributed by atoms with Crippen molar-refractivity contribution in [3.05, 3.63) is 58.6 Å². The van der Waals surface area contributed by atoms with E-state index in [9.17, 15) is 4.79 Å². The minimum Gasteiger partial charge on any atom is -0.494 e. The van der Waals surface area contributed by atoms with Crippen molar-refractivity contribution in [1.29, 1.82) is 0 Å². The van der Waals surface area contributed by atoms with Gasteiger partial charge in [-0.15, -0.1) is 0 Å². The van der Waals surface area contributed by atoms with Gasteiger partial charge in [0, 0.05) is 15.7 Å². The summed E-state index contributed by atoms with van der Waals surface area (Å²) in [6.45, 7) is 4.98. The summed E-state index contributed by atoms with van der Waals surface area (Å²) in [6.07, 6.45) is 0.998. The first-order chi connectivity index (χ1) is 11.9. The molecule has 2 aromatic rings. The van der Waals surface area contributed by atoms with Gasteiger partial charge in [0.15, 0.2) is 5.11 Å². The first-order valence-corrected chi connectivity index (χ1v) is 9.25. The standard InChI is InChI=1S/C19H21BrN2O2S/c1-13(2)11-12-24-17-9-3-14(4-10-17)18(23)22-19(25)21-16-7-5-15(20)6-8-16/h3-10,13H,11-12H2,1-2H3,(H2,21,22,23,25). The first-order valence-electron chi connectivity index (χ1n) is 8.05. The van der Waals surface area contributed by atoms with Crippen LogP contribution in [0.4, 0.5) is 5.69 Å². The van der Waals surface area contributed by atoms with Crippen LogP contribution in [0.25, 0.3) is 0 Å². The molecule has 0 atom stereocenters. The van der Waals surface area contributed by atoms with Crippen molar-refractivity contribution in [3.8, 4) is 5.75 Å². The number of carbonyl (C=O) groups is 1. The number of hydrogen-bond donors (Lipinski definition) is 2. The highest BCUT2D eigenvalue weighted by Crippen LogP contribution is 2.15. The molecule has 0 spiro atoms. The van der Waals surface area contributed by atoms with Crippen molar-refractivity contribution in [2.75, 3.05) is 11.9 Å². The minimum absolute atomic E-state index is 0.254. The van der Waals surface area contributed by atoms with Crippen LogP contribution in [0, 0.1) is 5.92 Å². The maximum Gasteiger partial charge on any atom is 0.257 e. The first kappa shape index (κ1) is 19.4. The third kappa shape index (κ3) is 6.84. The van der Waals surface area contributed by atoms with Gasteiger partial charge in [-0.3, -0.25) is 10.1 Å². The molecule has 0 bridgehead atoms. The fourth-order valence-electron chi connectivity index (χ4n) is 1.99. The summed E-state index contributed by atoms with van der Waals surface area (Å²) in [5, 5.41) is 5.89. The Bertz CT molecular complexity index is 715. The molecule has 4 nitrogen and oxygen atoms in total. The second-order valence-corrected chi connectivity index (χ2v) is 7.29. The van der Waals surface area contributed by atoms with E-state index in [0.29, 0.717) is 18.1 Å². The van der Waals surface area contributed by atoms with Crippen molar-refractivity contribution >= 4 is 44.9 Å². The zero-order chi connectivity index (χ0) is 18.2. The highest BCUT2D eigenvalue weighted by molar-refractivity contribution is 9.10. The Morgan fingerprint density at radius 2 is 1.76 bits per heavy atom. The summed E-state index contributed by atoms with van der Waals surface area (Å²) in [4.78, 5) is 12.2. The summed E-state index contributed by atoms with van der Waals surface area (Å²) in [5.41, 5.74) is 1.33. The fourth-order valence-corrected chi connectivity index (χ4v) is 2.46. The van der Waals surface area contributed by atoms with Crippen molar-refractivity contribution in [1.82, 2.24) is 5.32 Å². The van der Waals surface area contributed by atoms with Crippen LogP contribution < -0.4 is 15.4 Å². The van der Waals surface area contributed by atoms with Crippen molar-refractivity contribution in [2.24, 2.45) is 5.92 Å². The van der Waals surface area contributed by atoms with Gasteiger partial charge in [0.1, 0.15) is 5.75 Å². The zero-order valence-corrected chi connectivity index (χ0v) is 16.6. The van der Waals surface area contributed by atoms with Gasteiger partial charge in [-0.1, -0.05) is 29.8 Å². The number of benzene rings is 2. The number of nitrogens with one attached hydrogen (secondary N) is 2. The van der Waals surface area contributed by atoms with Crippen LogP contribution in [-0.4, -0.2) is 17.6 Å². The summed E-state index contributed by atoms with van der Waals surface area (Å²) in [7, 11) is 0. The Hall–Kier alpha value is -1.92. The number of thiocarbonyl (C=S) groups is 1. The van der Waals surface area contributed by atoms with Crippen LogP contribution in [0.1, 0.15) is 30.6 Å². The lowest BCUT2D eigenvalue weighted by atomic mass is 10.1. The molecule has 0 unspecified atom stereocenters. The SMILES string of the molecule is CC(C)CCOc1ccc(C(=O)NC(=S)Nc2ccc(Br)cc2)cc1. The van der Waals surface area contributed by atoms with Gasteiger partial charge < -0.3 is 10.1 Å². The van der Waals surface area contributed by atoms with E-state index in [4.69, 9.17) is 17.0 Å². The summed E-state index contributed by atoms with van der Waals surface area (Å²) in [5.74, 6) is 1.10. The maximum atomic E-state index is 12.2. The quantitative estimate of drug-likeness (QED) is 0.645. The monoisotopic (exact) mass is 420 g/mol. The van der Waals surface area contributed by atoms with Crippen LogP contribution in [0.5, 0.6) is 5.75 Å². The summed E-state index contributed by atoms with van der Waals surface area (Å²) in [6, 6.07) is 14.6. The summed E-state index contributed by atoms with van der Waals surface area (Å²) >= 11 is 8.54. The Kier molecular flexibility index (Phi) is 7.40. The topological polar surface area (TPSA) is 50.4 Å². The van der Waals surface area contributed by atoms with Crippen molar-refractivity contribution in [2.45, 2.75) is 20.3 Å². The predicted molar refractivity (Wildman–Crippen MR) is 109 cm³/mol. The normalized spacial score (nSPS) is 10.4. The minimum atomic E-state index is -0.261. The lowest BCUT2D eigenvalue weighted by Crippen LogP contribution is -2.34. The second-order valence-electron chi connectivity index (χ2n) is 5.97. The van der Waals surface area contributed by atoms with E-state index in [-0.39, 0.29) is 11.0 Å². The lowest BCUT2D eigenvalue weighted by Gasteiger charge is -2.11. The Labute approximate surface area is 162 Å². The number of carbonyl (C=O) groups excluding carboxylic acids is 1. The molecule has 2 N–H and O–H groups in total. The third-order valence-electron chi connectivity index (χ3n) is 3.41. The molecule has 25 heavy (non-hydrogen) atoms. The van der Waals surface area contributed by atoms with Gasteiger partial charge in [-0.25, -0.2) is 0 Å². The highest BCUT2D eigenvalue weighted by atomic mass is 79.9. The molecule has 0 saturated heterocycles. The number of hydrogen-bond acceptors (Lipinski definition) is 3. The summed E-state index contributed by atoms with van der Waals surface area (Å²) < 4.78 is 6.62. The van der Waals surface area contributed by atoms with Gasteiger partial charge in [-0.2, -0.15) is 0 Å². The smallest absolute Gasteiger partial charge is 0.257 e. The number of halogens is 1. The van der Waals surface area contributed by atoms with Crippen LogP contribution in [0.3, 0.4) is 0 Å². The highest BCUT2D eigenvalue weighted by Gasteiger charge is 2.08. The molecule has 0 fully saturated rings. The third-order valence-corrected chi connectivity index (χ3v) is 4.14.